The van der Waals surface area contributed by atoms with Gasteiger partial charge >= 0.3 is 0 Å². The zero-order valence-electron chi connectivity index (χ0n) is 61.8. The molecule has 0 N–H and O–H groups in total. The molecule has 18 rings (SSSR count). The lowest BCUT2D eigenvalue weighted by Gasteiger charge is -2.27. The molecule has 6 heteroatoms. The van der Waals surface area contributed by atoms with E-state index in [1.54, 1.807) is 0 Å². The standard InChI is InChI=1S/3C34H28N2/c1-25-16-18-30(19-17-25)36(29-12-4-3-5-13-29)31-22-20-28(21-23-31)35(2)34-32-14-8-6-10-26(32)24-27-11-7-9-15-33(27)34;1-25-16-18-29(19-17-25)36(28-11-4-3-5-12-28)30-22-20-27(21-23-30)35(2)34-24-26-10-6-7-13-31(26)32-14-8-9-15-33(32)34;1-25-12-15-32(16-13-25)36(31-10-4-3-5-11-31)33-20-18-30(19-21-33)35(2)34-17-14-28-22-26-8-6-7-9-27(26)23-29(28)24-34/h3*3-24H,1-2H3. The van der Waals surface area contributed by atoms with Crippen molar-refractivity contribution < 1.29 is 0 Å². The topological polar surface area (TPSA) is 19.4 Å². The van der Waals surface area contributed by atoms with Crippen LogP contribution in [0.25, 0.3) is 64.6 Å². The van der Waals surface area contributed by atoms with Crippen molar-refractivity contribution in [1.82, 2.24) is 0 Å². The van der Waals surface area contributed by atoms with E-state index in [9.17, 15) is 0 Å². The number of anilines is 15. The average Bonchev–Trinajstić information content (AvgIpc) is 0.770. The van der Waals surface area contributed by atoms with Crippen molar-refractivity contribution in [1.29, 1.82) is 0 Å². The maximum atomic E-state index is 2.31. The van der Waals surface area contributed by atoms with Crippen LogP contribution in [-0.4, -0.2) is 21.1 Å². The largest absolute Gasteiger partial charge is 0.345 e. The normalized spacial score (nSPS) is 11.1. The Hall–Kier alpha value is -13.7. The van der Waals surface area contributed by atoms with Crippen molar-refractivity contribution in [3.05, 3.63) is 417 Å². The summed E-state index contributed by atoms with van der Waals surface area (Å²) in [5.41, 5.74) is 21.1. The Morgan fingerprint density at radius 1 is 0.157 bits per heavy atom. The Morgan fingerprint density at radius 2 is 0.417 bits per heavy atom. The molecule has 18 aromatic carbocycles. The van der Waals surface area contributed by atoms with Crippen LogP contribution < -0.4 is 29.4 Å². The second kappa shape index (κ2) is 30.9. The highest BCUT2D eigenvalue weighted by Crippen LogP contribution is 2.44. The van der Waals surface area contributed by atoms with E-state index in [1.807, 2.05) is 0 Å². The van der Waals surface area contributed by atoms with E-state index >= 15 is 0 Å². The fourth-order valence-corrected chi connectivity index (χ4v) is 14.8. The molecule has 0 atom stereocenters. The van der Waals surface area contributed by atoms with Crippen LogP contribution in [0.15, 0.2) is 400 Å². The predicted molar refractivity (Wildman–Crippen MR) is 466 cm³/mol. The van der Waals surface area contributed by atoms with E-state index in [-0.39, 0.29) is 0 Å². The average molecular weight is 1390 g/mol. The third-order valence-electron chi connectivity index (χ3n) is 20.7. The number of rotatable bonds is 15. The number of nitrogens with zero attached hydrogens (tertiary/aromatic N) is 6. The van der Waals surface area contributed by atoms with Gasteiger partial charge in [0.2, 0.25) is 0 Å². The summed E-state index contributed by atoms with van der Waals surface area (Å²) in [5.74, 6) is 0. The summed E-state index contributed by atoms with van der Waals surface area (Å²) in [6, 6.07) is 143. The molecule has 0 aliphatic rings. The van der Waals surface area contributed by atoms with E-state index in [0.29, 0.717) is 0 Å². The monoisotopic (exact) mass is 1390 g/mol. The number of para-hydroxylation sites is 3. The fraction of sp³-hybridized carbons (Fsp3) is 0.0588. The van der Waals surface area contributed by atoms with Crippen LogP contribution in [0.5, 0.6) is 0 Å². The lowest BCUT2D eigenvalue weighted by molar-refractivity contribution is 1.21. The van der Waals surface area contributed by atoms with Crippen LogP contribution in [0, 0.1) is 20.8 Å². The molecule has 6 nitrogen and oxygen atoms in total. The van der Waals surface area contributed by atoms with Gasteiger partial charge in [-0.3, -0.25) is 0 Å². The van der Waals surface area contributed by atoms with Crippen molar-refractivity contribution >= 4 is 150 Å². The van der Waals surface area contributed by atoms with E-state index in [2.05, 4.69) is 472 Å². The lowest BCUT2D eigenvalue weighted by atomic mass is 9.99. The molecule has 0 saturated carbocycles. The molecule has 0 heterocycles. The van der Waals surface area contributed by atoms with Crippen molar-refractivity contribution in [3.63, 3.8) is 0 Å². The van der Waals surface area contributed by atoms with Crippen LogP contribution in [0.1, 0.15) is 16.7 Å². The highest BCUT2D eigenvalue weighted by atomic mass is 15.2. The summed E-state index contributed by atoms with van der Waals surface area (Å²) in [7, 11) is 6.45. The summed E-state index contributed by atoms with van der Waals surface area (Å²) in [4.78, 5) is 13.7. The first-order valence-corrected chi connectivity index (χ1v) is 37.0. The summed E-state index contributed by atoms with van der Waals surface area (Å²) >= 11 is 0. The molecule has 108 heavy (non-hydrogen) atoms. The molecule has 0 aromatic heterocycles. The number of hydrogen-bond donors (Lipinski definition) is 0. The summed E-state index contributed by atoms with van der Waals surface area (Å²) < 4.78 is 0. The molecule has 0 saturated heterocycles. The summed E-state index contributed by atoms with van der Waals surface area (Å²) in [6.45, 7) is 6.37. The second-order valence-corrected chi connectivity index (χ2v) is 27.8. The molecular weight excluding hydrogens is 1310 g/mol. The number of aryl methyl sites for hydroxylation is 3. The third-order valence-corrected chi connectivity index (χ3v) is 20.7. The molecule has 0 unspecified atom stereocenters. The molecule has 18 aromatic rings. The molecule has 0 spiro atoms. The third kappa shape index (κ3) is 14.5. The van der Waals surface area contributed by atoms with Gasteiger partial charge in [0.25, 0.3) is 0 Å². The van der Waals surface area contributed by atoms with Crippen molar-refractivity contribution in [2.24, 2.45) is 0 Å². The molecular formula is C102H84N6. The Kier molecular flexibility index (Phi) is 19.7. The van der Waals surface area contributed by atoms with Gasteiger partial charge in [-0.15, -0.1) is 0 Å². The van der Waals surface area contributed by atoms with Gasteiger partial charge in [-0.25, -0.2) is 0 Å². The van der Waals surface area contributed by atoms with Gasteiger partial charge in [-0.2, -0.15) is 0 Å². The SMILES string of the molecule is Cc1ccc(N(c2ccccc2)c2ccc(N(C)c3c4ccccc4cc4ccccc34)cc2)cc1.Cc1ccc(N(c2ccccc2)c2ccc(N(C)c3cc4ccccc4c4ccccc34)cc2)cc1.Cc1ccc(N(c2ccccc2)c2ccc(N(C)c3ccc4cc5ccccc5cc4c3)cc2)cc1. The first-order valence-electron chi connectivity index (χ1n) is 37.0. The first-order chi connectivity index (χ1) is 53.0. The summed E-state index contributed by atoms with van der Waals surface area (Å²) in [6.07, 6.45) is 0. The molecule has 0 amide bonds. The van der Waals surface area contributed by atoms with Crippen LogP contribution in [-0.2, 0) is 0 Å². The van der Waals surface area contributed by atoms with Gasteiger partial charge in [-0.05, 0) is 251 Å². The van der Waals surface area contributed by atoms with Gasteiger partial charge < -0.3 is 29.4 Å². The number of benzene rings is 18. The minimum absolute atomic E-state index is 1.13. The first kappa shape index (κ1) is 68.7. The van der Waals surface area contributed by atoms with Gasteiger partial charge in [0.1, 0.15) is 0 Å². The van der Waals surface area contributed by atoms with E-state index in [1.165, 1.54) is 98.4 Å². The zero-order valence-corrected chi connectivity index (χ0v) is 61.8. The molecule has 522 valence electrons. The van der Waals surface area contributed by atoms with Gasteiger partial charge in [0.15, 0.2) is 0 Å². The molecule has 0 fully saturated rings. The van der Waals surface area contributed by atoms with Gasteiger partial charge in [0, 0.05) is 117 Å². The number of fused-ring (bicyclic) bond motifs is 7. The molecule has 0 aliphatic heterocycles. The van der Waals surface area contributed by atoms with Gasteiger partial charge in [0.05, 0.1) is 5.69 Å². The van der Waals surface area contributed by atoms with Crippen LogP contribution in [0.4, 0.5) is 85.3 Å². The quantitative estimate of drug-likeness (QED) is 0.0747. The highest BCUT2D eigenvalue weighted by molar-refractivity contribution is 6.14. The maximum Gasteiger partial charge on any atom is 0.0567 e. The fourth-order valence-electron chi connectivity index (χ4n) is 14.8. The van der Waals surface area contributed by atoms with Gasteiger partial charge in [-0.1, -0.05) is 235 Å². The Balaban J connectivity index is 0.000000124. The van der Waals surface area contributed by atoms with Crippen molar-refractivity contribution in [2.75, 3.05) is 50.5 Å². The summed E-state index contributed by atoms with van der Waals surface area (Å²) in [5, 5.41) is 15.2. The second-order valence-electron chi connectivity index (χ2n) is 27.8. The number of hydrogen-bond acceptors (Lipinski definition) is 6. The Bertz CT molecular complexity index is 6040. The Morgan fingerprint density at radius 3 is 0.824 bits per heavy atom. The lowest BCUT2D eigenvalue weighted by Crippen LogP contribution is -2.12. The van der Waals surface area contributed by atoms with Crippen molar-refractivity contribution in [2.45, 2.75) is 20.8 Å². The van der Waals surface area contributed by atoms with Crippen LogP contribution in [0.3, 0.4) is 0 Å². The van der Waals surface area contributed by atoms with Crippen LogP contribution >= 0.6 is 0 Å². The predicted octanol–water partition coefficient (Wildman–Crippen LogP) is 28.6. The zero-order chi connectivity index (χ0) is 73.5. The van der Waals surface area contributed by atoms with Crippen molar-refractivity contribution in [3.8, 4) is 0 Å². The minimum Gasteiger partial charge on any atom is -0.345 e. The maximum absolute atomic E-state index is 2.31. The van der Waals surface area contributed by atoms with Crippen LogP contribution in [0.2, 0.25) is 0 Å². The smallest absolute Gasteiger partial charge is 0.0567 e. The Labute approximate surface area is 634 Å². The minimum atomic E-state index is 1.13. The van der Waals surface area contributed by atoms with E-state index in [4.69, 9.17) is 0 Å². The highest BCUT2D eigenvalue weighted by Gasteiger charge is 2.20. The molecule has 0 aliphatic carbocycles. The van der Waals surface area contributed by atoms with E-state index in [0.717, 1.165) is 68.2 Å². The molecule has 0 bridgehead atoms. The van der Waals surface area contributed by atoms with E-state index < -0.39 is 0 Å². The molecule has 0 radical (unpaired) electrons.